The van der Waals surface area contributed by atoms with Gasteiger partial charge < -0.3 is 10.5 Å². The molecule has 4 heteroatoms. The van der Waals surface area contributed by atoms with E-state index in [4.69, 9.17) is 15.9 Å². The number of rotatable bonds is 7. The first kappa shape index (κ1) is 15.0. The highest BCUT2D eigenvalue weighted by Gasteiger charge is 2.08. The van der Waals surface area contributed by atoms with Gasteiger partial charge in [-0.05, 0) is 42.5 Å². The molecule has 1 rings (SSSR count). The van der Waals surface area contributed by atoms with Crippen LogP contribution in [-0.4, -0.2) is 12.4 Å². The van der Waals surface area contributed by atoms with Gasteiger partial charge >= 0.3 is 0 Å². The number of benzene rings is 1. The van der Waals surface area contributed by atoms with E-state index in [-0.39, 0.29) is 5.84 Å². The van der Waals surface area contributed by atoms with Crippen molar-refractivity contribution >= 4 is 21.8 Å². The molecule has 0 atom stereocenters. The Morgan fingerprint density at radius 3 is 2.72 bits per heavy atom. The van der Waals surface area contributed by atoms with Gasteiger partial charge in [-0.2, -0.15) is 0 Å². The van der Waals surface area contributed by atoms with E-state index in [1.165, 1.54) is 5.56 Å². The molecule has 0 aliphatic carbocycles. The minimum Gasteiger partial charge on any atom is -0.493 e. The first-order valence-electron chi connectivity index (χ1n) is 6.26. The van der Waals surface area contributed by atoms with Crippen LogP contribution in [0.2, 0.25) is 0 Å². The molecule has 0 fully saturated rings. The molecule has 18 heavy (non-hydrogen) atoms. The lowest BCUT2D eigenvalue weighted by Crippen LogP contribution is -2.09. The van der Waals surface area contributed by atoms with Crippen LogP contribution in [0.4, 0.5) is 0 Å². The molecule has 0 unspecified atom stereocenters. The van der Waals surface area contributed by atoms with E-state index < -0.39 is 0 Å². The highest BCUT2D eigenvalue weighted by atomic mass is 79.9. The molecule has 0 aliphatic heterocycles. The van der Waals surface area contributed by atoms with Crippen molar-refractivity contribution < 1.29 is 4.74 Å². The van der Waals surface area contributed by atoms with Crippen molar-refractivity contribution in [3.63, 3.8) is 0 Å². The Balaban J connectivity index is 2.49. The first-order valence-corrected chi connectivity index (χ1v) is 7.05. The fraction of sp³-hybridized carbons (Fsp3) is 0.500. The number of amidine groups is 1. The summed E-state index contributed by atoms with van der Waals surface area (Å²) in [5.74, 6) is 1.65. The zero-order chi connectivity index (χ0) is 13.5. The second-order valence-electron chi connectivity index (χ2n) is 4.67. The van der Waals surface area contributed by atoms with Crippen LogP contribution < -0.4 is 10.5 Å². The summed E-state index contributed by atoms with van der Waals surface area (Å²) in [6.07, 6.45) is 2.48. The minimum atomic E-state index is 0.251. The van der Waals surface area contributed by atoms with Crippen molar-refractivity contribution in [2.24, 2.45) is 5.73 Å². The summed E-state index contributed by atoms with van der Waals surface area (Å²) >= 11 is 3.48. The number of halogens is 1. The zero-order valence-corrected chi connectivity index (χ0v) is 12.6. The fourth-order valence-corrected chi connectivity index (χ4v) is 2.08. The van der Waals surface area contributed by atoms with E-state index in [2.05, 4.69) is 35.8 Å². The molecule has 1 aromatic carbocycles. The van der Waals surface area contributed by atoms with Gasteiger partial charge in [0.05, 0.1) is 12.4 Å². The van der Waals surface area contributed by atoms with E-state index >= 15 is 0 Å². The van der Waals surface area contributed by atoms with Crippen molar-refractivity contribution in [2.75, 3.05) is 6.61 Å². The van der Waals surface area contributed by atoms with Gasteiger partial charge in [-0.3, -0.25) is 5.41 Å². The summed E-state index contributed by atoms with van der Waals surface area (Å²) < 4.78 is 6.88. The van der Waals surface area contributed by atoms with Crippen molar-refractivity contribution in [3.8, 4) is 5.75 Å². The zero-order valence-electron chi connectivity index (χ0n) is 11.0. The Kier molecular flexibility index (Phi) is 6.19. The van der Waals surface area contributed by atoms with Gasteiger partial charge in [0, 0.05) is 10.9 Å². The van der Waals surface area contributed by atoms with Gasteiger partial charge in [0.2, 0.25) is 0 Å². The molecule has 0 amide bonds. The average Bonchev–Trinajstić information content (AvgIpc) is 2.29. The molecule has 0 aliphatic rings. The second-order valence-corrected chi connectivity index (χ2v) is 5.58. The maximum absolute atomic E-state index is 7.14. The maximum Gasteiger partial charge on any atom is 0.122 e. The summed E-state index contributed by atoms with van der Waals surface area (Å²) in [7, 11) is 0. The number of nitrogens with two attached hydrogens (primary N) is 1. The molecule has 0 radical (unpaired) electrons. The maximum atomic E-state index is 7.14. The Morgan fingerprint density at radius 1 is 1.39 bits per heavy atom. The molecule has 0 aromatic heterocycles. The molecule has 100 valence electrons. The molecule has 0 spiro atoms. The van der Waals surface area contributed by atoms with E-state index in [0.29, 0.717) is 18.9 Å². The van der Waals surface area contributed by atoms with Crippen LogP contribution in [0, 0.1) is 5.41 Å². The third kappa shape index (κ3) is 5.08. The summed E-state index contributed by atoms with van der Waals surface area (Å²) in [6, 6.07) is 6.11. The molecule has 3 N–H and O–H groups in total. The van der Waals surface area contributed by atoms with Crippen LogP contribution >= 0.6 is 15.9 Å². The standard InChI is InChI=1S/C14H21BrN2O/c1-10(2)12-9-11(15)6-7-13(12)18-8-4-3-5-14(16)17/h6-7,9-10H,3-5,8H2,1-2H3,(H3,16,17). The van der Waals surface area contributed by atoms with E-state index in [1.54, 1.807) is 0 Å². The normalized spacial score (nSPS) is 10.7. The smallest absolute Gasteiger partial charge is 0.122 e. The van der Waals surface area contributed by atoms with Crippen molar-refractivity contribution in [1.82, 2.24) is 0 Å². The van der Waals surface area contributed by atoms with Crippen LogP contribution in [0.1, 0.15) is 44.6 Å². The van der Waals surface area contributed by atoms with Crippen LogP contribution in [0.25, 0.3) is 0 Å². The van der Waals surface area contributed by atoms with Gasteiger partial charge in [-0.25, -0.2) is 0 Å². The third-order valence-corrected chi connectivity index (χ3v) is 3.19. The number of unbranched alkanes of at least 4 members (excludes halogenated alkanes) is 1. The van der Waals surface area contributed by atoms with Gasteiger partial charge in [0.15, 0.2) is 0 Å². The van der Waals surface area contributed by atoms with E-state index in [9.17, 15) is 0 Å². The molecule has 0 bridgehead atoms. The predicted molar refractivity (Wildman–Crippen MR) is 79.5 cm³/mol. The number of hydrogen-bond acceptors (Lipinski definition) is 2. The number of nitrogens with one attached hydrogen (secondary N) is 1. The fourth-order valence-electron chi connectivity index (χ4n) is 1.70. The molecule has 0 heterocycles. The molecular formula is C14H21BrN2O. The van der Waals surface area contributed by atoms with E-state index in [1.807, 2.05) is 12.1 Å². The lowest BCUT2D eigenvalue weighted by molar-refractivity contribution is 0.303. The van der Waals surface area contributed by atoms with Crippen LogP contribution in [0.5, 0.6) is 5.75 Å². The number of ether oxygens (including phenoxy) is 1. The highest BCUT2D eigenvalue weighted by Crippen LogP contribution is 2.29. The lowest BCUT2D eigenvalue weighted by atomic mass is 10.0. The Morgan fingerprint density at radius 2 is 2.11 bits per heavy atom. The van der Waals surface area contributed by atoms with Crippen LogP contribution in [0.15, 0.2) is 22.7 Å². The molecular weight excluding hydrogens is 292 g/mol. The lowest BCUT2D eigenvalue weighted by Gasteiger charge is -2.14. The monoisotopic (exact) mass is 312 g/mol. The Hall–Kier alpha value is -1.03. The average molecular weight is 313 g/mol. The van der Waals surface area contributed by atoms with Gasteiger partial charge in [-0.15, -0.1) is 0 Å². The minimum absolute atomic E-state index is 0.251. The summed E-state index contributed by atoms with van der Waals surface area (Å²) in [4.78, 5) is 0. The second kappa shape index (κ2) is 7.41. The van der Waals surface area contributed by atoms with Crippen molar-refractivity contribution in [1.29, 1.82) is 5.41 Å². The quantitative estimate of drug-likeness (QED) is 0.453. The van der Waals surface area contributed by atoms with Gasteiger partial charge in [-0.1, -0.05) is 29.8 Å². The Labute approximate surface area is 117 Å². The SMILES string of the molecule is CC(C)c1cc(Br)ccc1OCCCCC(=N)N. The topological polar surface area (TPSA) is 59.1 Å². The largest absolute Gasteiger partial charge is 0.493 e. The molecule has 0 saturated heterocycles. The summed E-state index contributed by atoms with van der Waals surface area (Å²) in [5, 5.41) is 7.14. The highest BCUT2D eigenvalue weighted by molar-refractivity contribution is 9.10. The van der Waals surface area contributed by atoms with Crippen molar-refractivity contribution in [2.45, 2.75) is 39.0 Å². The third-order valence-electron chi connectivity index (χ3n) is 2.69. The van der Waals surface area contributed by atoms with Gasteiger partial charge in [0.25, 0.3) is 0 Å². The van der Waals surface area contributed by atoms with Gasteiger partial charge in [0.1, 0.15) is 5.75 Å². The van der Waals surface area contributed by atoms with Crippen LogP contribution in [-0.2, 0) is 0 Å². The predicted octanol–water partition coefficient (Wildman–Crippen LogP) is 4.06. The van der Waals surface area contributed by atoms with E-state index in [0.717, 1.165) is 23.1 Å². The number of hydrogen-bond donors (Lipinski definition) is 2. The summed E-state index contributed by atoms with van der Waals surface area (Å²) in [6.45, 7) is 4.99. The molecule has 1 aromatic rings. The van der Waals surface area contributed by atoms with Crippen LogP contribution in [0.3, 0.4) is 0 Å². The molecule has 0 saturated carbocycles. The molecule has 3 nitrogen and oxygen atoms in total. The summed E-state index contributed by atoms with van der Waals surface area (Å²) in [5.41, 5.74) is 6.52. The van der Waals surface area contributed by atoms with Crippen molar-refractivity contribution in [3.05, 3.63) is 28.2 Å². The first-order chi connectivity index (χ1) is 8.50. The Bertz CT molecular complexity index is 405.